The third-order valence-electron chi connectivity index (χ3n) is 2.62. The normalized spacial score (nSPS) is 12.5. The van der Waals surface area contributed by atoms with Crippen LogP contribution in [0.1, 0.15) is 17.2 Å². The highest BCUT2D eigenvalue weighted by Crippen LogP contribution is 2.35. The van der Waals surface area contributed by atoms with Crippen LogP contribution in [0.4, 0.5) is 4.39 Å². The van der Waals surface area contributed by atoms with Gasteiger partial charge in [-0.15, -0.1) is 0 Å². The second-order valence-corrected chi connectivity index (χ2v) is 5.91. The molecule has 0 amide bonds. The summed E-state index contributed by atoms with van der Waals surface area (Å²) in [4.78, 5) is 0. The van der Waals surface area contributed by atoms with E-state index in [9.17, 15) is 9.50 Å². The first kappa shape index (κ1) is 15.1. The fourth-order valence-corrected chi connectivity index (χ4v) is 2.63. The number of aliphatic hydroxyl groups is 1. The van der Waals surface area contributed by atoms with Crippen molar-refractivity contribution in [2.75, 3.05) is 0 Å². The van der Waals surface area contributed by atoms with Gasteiger partial charge in [0, 0.05) is 25.6 Å². The molecule has 0 aliphatic carbocycles. The quantitative estimate of drug-likeness (QED) is 0.666. The minimum atomic E-state index is -1.21. The Hall–Kier alpha value is -0.320. The first-order valence-corrected chi connectivity index (χ1v) is 7.11. The van der Waals surface area contributed by atoms with Crippen LogP contribution >= 0.6 is 50.7 Å². The third kappa shape index (κ3) is 3.06. The summed E-state index contributed by atoms with van der Waals surface area (Å²) in [7, 11) is 0. The van der Waals surface area contributed by atoms with Gasteiger partial charge in [-0.2, -0.15) is 0 Å². The van der Waals surface area contributed by atoms with Gasteiger partial charge >= 0.3 is 0 Å². The largest absolute Gasteiger partial charge is 0.383 e. The molecule has 100 valence electrons. The lowest BCUT2D eigenvalue weighted by molar-refractivity contribution is 0.215. The minimum absolute atomic E-state index is 0.0532. The molecule has 1 nitrogen and oxygen atoms in total. The summed E-state index contributed by atoms with van der Waals surface area (Å²) in [5.41, 5.74) is 0.417. The van der Waals surface area contributed by atoms with Crippen LogP contribution in [0.15, 0.2) is 34.8 Å². The number of rotatable bonds is 2. The highest BCUT2D eigenvalue weighted by molar-refractivity contribution is 9.10. The molecule has 0 fully saturated rings. The Balaban J connectivity index is 2.50. The van der Waals surface area contributed by atoms with Crippen LogP contribution in [0.2, 0.25) is 15.1 Å². The van der Waals surface area contributed by atoms with Gasteiger partial charge in [-0.1, -0.05) is 46.9 Å². The van der Waals surface area contributed by atoms with Crippen molar-refractivity contribution in [2.45, 2.75) is 6.10 Å². The van der Waals surface area contributed by atoms with E-state index in [2.05, 4.69) is 15.9 Å². The van der Waals surface area contributed by atoms with Gasteiger partial charge in [0.2, 0.25) is 0 Å². The van der Waals surface area contributed by atoms with E-state index in [1.165, 1.54) is 12.1 Å². The summed E-state index contributed by atoms with van der Waals surface area (Å²) in [6, 6.07) is 7.61. The molecule has 1 unspecified atom stereocenters. The molecule has 0 saturated carbocycles. The molecular formula is C13H7BrCl3FO. The molecule has 0 bridgehead atoms. The van der Waals surface area contributed by atoms with E-state index in [1.54, 1.807) is 18.2 Å². The summed E-state index contributed by atoms with van der Waals surface area (Å²) in [6.07, 6.45) is -1.21. The van der Waals surface area contributed by atoms with Crippen molar-refractivity contribution >= 4 is 50.7 Å². The molecule has 0 aromatic heterocycles. The van der Waals surface area contributed by atoms with E-state index in [1.807, 2.05) is 0 Å². The fraction of sp³-hybridized carbons (Fsp3) is 0.0769. The molecule has 0 radical (unpaired) electrons. The van der Waals surface area contributed by atoms with E-state index in [4.69, 9.17) is 34.8 Å². The van der Waals surface area contributed by atoms with Crippen LogP contribution in [0.3, 0.4) is 0 Å². The third-order valence-corrected chi connectivity index (χ3v) is 4.44. The predicted molar refractivity (Wildman–Crippen MR) is 79.6 cm³/mol. The van der Waals surface area contributed by atoms with E-state index in [0.29, 0.717) is 15.1 Å². The Labute approximate surface area is 133 Å². The lowest BCUT2D eigenvalue weighted by atomic mass is 10.0. The molecular weight excluding hydrogens is 377 g/mol. The number of hydrogen-bond acceptors (Lipinski definition) is 1. The smallest absolute Gasteiger partial charge is 0.149 e. The molecule has 0 aliphatic heterocycles. The minimum Gasteiger partial charge on any atom is -0.383 e. The van der Waals surface area contributed by atoms with E-state index >= 15 is 0 Å². The molecule has 19 heavy (non-hydrogen) atoms. The number of aliphatic hydroxyl groups excluding tert-OH is 1. The summed E-state index contributed by atoms with van der Waals surface area (Å²) in [5, 5.41) is 10.8. The molecule has 2 aromatic rings. The van der Waals surface area contributed by atoms with Gasteiger partial charge in [0.25, 0.3) is 0 Å². The van der Waals surface area contributed by atoms with Gasteiger partial charge in [-0.3, -0.25) is 0 Å². The standard InChI is InChI=1S/C13H7BrCl3FO/c14-9-4-3-8(12(18)11(9)17)13(19)7-2-1-6(15)5-10(7)16/h1-5,13,19H. The van der Waals surface area contributed by atoms with Crippen LogP contribution in [0.25, 0.3) is 0 Å². The van der Waals surface area contributed by atoms with E-state index < -0.39 is 11.9 Å². The average molecular weight is 384 g/mol. The molecule has 2 rings (SSSR count). The van der Waals surface area contributed by atoms with Gasteiger partial charge < -0.3 is 5.11 Å². The maximum Gasteiger partial charge on any atom is 0.149 e. The van der Waals surface area contributed by atoms with E-state index in [-0.39, 0.29) is 15.6 Å². The first-order valence-electron chi connectivity index (χ1n) is 5.18. The van der Waals surface area contributed by atoms with Crippen LogP contribution < -0.4 is 0 Å². The zero-order chi connectivity index (χ0) is 14.2. The molecule has 0 aliphatic rings. The molecule has 0 heterocycles. The van der Waals surface area contributed by atoms with Crippen LogP contribution in [0.5, 0.6) is 0 Å². The monoisotopic (exact) mass is 382 g/mol. The van der Waals surface area contributed by atoms with Crippen molar-refractivity contribution in [3.05, 3.63) is 66.8 Å². The van der Waals surface area contributed by atoms with Gasteiger partial charge in [0.05, 0.1) is 5.02 Å². The van der Waals surface area contributed by atoms with Crippen molar-refractivity contribution in [3.63, 3.8) is 0 Å². The highest BCUT2D eigenvalue weighted by atomic mass is 79.9. The lowest BCUT2D eigenvalue weighted by Gasteiger charge is -2.15. The molecule has 1 atom stereocenters. The SMILES string of the molecule is OC(c1ccc(Cl)cc1Cl)c1ccc(Br)c(Cl)c1F. The molecule has 0 spiro atoms. The highest BCUT2D eigenvalue weighted by Gasteiger charge is 2.20. The average Bonchev–Trinajstić information content (AvgIpc) is 2.35. The molecule has 0 saturated heterocycles. The van der Waals surface area contributed by atoms with Gasteiger partial charge in [0.15, 0.2) is 0 Å². The first-order chi connectivity index (χ1) is 8.91. The van der Waals surface area contributed by atoms with Crippen molar-refractivity contribution in [1.29, 1.82) is 0 Å². The Morgan fingerprint density at radius 3 is 2.32 bits per heavy atom. The fourth-order valence-electron chi connectivity index (χ4n) is 1.64. The number of hydrogen-bond donors (Lipinski definition) is 1. The summed E-state index contributed by atoms with van der Waals surface area (Å²) in [5.74, 6) is -0.686. The van der Waals surface area contributed by atoms with Crippen molar-refractivity contribution in [3.8, 4) is 0 Å². The zero-order valence-corrected chi connectivity index (χ0v) is 13.2. The lowest BCUT2D eigenvalue weighted by Crippen LogP contribution is -2.04. The van der Waals surface area contributed by atoms with Gasteiger partial charge in [-0.25, -0.2) is 4.39 Å². The maximum atomic E-state index is 14.0. The molecule has 1 N–H and O–H groups in total. The zero-order valence-electron chi connectivity index (χ0n) is 9.30. The van der Waals surface area contributed by atoms with Gasteiger partial charge in [0.1, 0.15) is 11.9 Å². The number of benzene rings is 2. The Morgan fingerprint density at radius 1 is 1.05 bits per heavy atom. The van der Waals surface area contributed by atoms with Crippen LogP contribution in [-0.4, -0.2) is 5.11 Å². The topological polar surface area (TPSA) is 20.2 Å². The predicted octanol–water partition coefficient (Wildman–Crippen LogP) is 5.63. The second kappa shape index (κ2) is 5.98. The second-order valence-electron chi connectivity index (χ2n) is 3.83. The van der Waals surface area contributed by atoms with Gasteiger partial charge in [-0.05, 0) is 34.1 Å². The van der Waals surface area contributed by atoms with Crippen LogP contribution in [-0.2, 0) is 0 Å². The maximum absolute atomic E-state index is 14.0. The van der Waals surface area contributed by atoms with E-state index in [0.717, 1.165) is 0 Å². The number of halogens is 5. The molecule has 2 aromatic carbocycles. The summed E-state index contributed by atoms with van der Waals surface area (Å²) < 4.78 is 14.4. The summed E-state index contributed by atoms with van der Waals surface area (Å²) in [6.45, 7) is 0. The van der Waals surface area contributed by atoms with Crippen molar-refractivity contribution in [2.24, 2.45) is 0 Å². The van der Waals surface area contributed by atoms with Crippen molar-refractivity contribution in [1.82, 2.24) is 0 Å². The molecule has 6 heteroatoms. The van der Waals surface area contributed by atoms with Crippen molar-refractivity contribution < 1.29 is 9.50 Å². The Kier molecular flexibility index (Phi) is 4.75. The van der Waals surface area contributed by atoms with Crippen LogP contribution in [0, 0.1) is 5.82 Å². The Morgan fingerprint density at radius 2 is 1.68 bits per heavy atom. The summed E-state index contributed by atoms with van der Waals surface area (Å²) >= 11 is 20.7. The Bertz CT molecular complexity index is 634.